The molecule has 108 valence electrons. The van der Waals surface area contributed by atoms with Crippen molar-refractivity contribution in [1.29, 1.82) is 0 Å². The van der Waals surface area contributed by atoms with Crippen molar-refractivity contribution in [1.82, 2.24) is 5.32 Å². The monoisotopic (exact) mass is 301 g/mol. The van der Waals surface area contributed by atoms with Crippen LogP contribution in [-0.2, 0) is 18.0 Å². The molecule has 0 saturated heterocycles. The first-order valence-corrected chi connectivity index (χ1v) is 7.42. The summed E-state index contributed by atoms with van der Waals surface area (Å²) in [4.78, 5) is 12.4. The number of alkyl halides is 1. The number of hydrogen-bond acceptors (Lipinski definition) is 2. The lowest BCUT2D eigenvalue weighted by atomic mass is 10.0. The molecular weight excluding hydrogens is 286 g/mol. The second kappa shape index (κ2) is 6.29. The fourth-order valence-corrected chi connectivity index (χ4v) is 2.71. The van der Waals surface area contributed by atoms with Crippen molar-refractivity contribution in [2.45, 2.75) is 19.3 Å². The number of carbonyl (C=O) groups excluding carboxylic acids is 1. The van der Waals surface area contributed by atoms with Crippen LogP contribution in [0, 0.1) is 0 Å². The summed E-state index contributed by atoms with van der Waals surface area (Å²) in [5.41, 5.74) is 3.89. The summed E-state index contributed by atoms with van der Waals surface area (Å²) in [7, 11) is 0. The molecule has 0 aromatic heterocycles. The normalized spacial score (nSPS) is 14.5. The zero-order valence-corrected chi connectivity index (χ0v) is 12.3. The third-order valence-corrected chi connectivity index (χ3v) is 3.95. The summed E-state index contributed by atoms with van der Waals surface area (Å²) in [6.45, 7) is 1.21. The molecule has 1 aliphatic heterocycles. The van der Waals surface area contributed by atoms with Crippen LogP contribution in [0.25, 0.3) is 0 Å². The minimum absolute atomic E-state index is 0.112. The molecule has 4 heteroatoms. The van der Waals surface area contributed by atoms with E-state index in [2.05, 4.69) is 5.32 Å². The van der Waals surface area contributed by atoms with Gasteiger partial charge in [-0.1, -0.05) is 36.4 Å². The average molecular weight is 302 g/mol. The van der Waals surface area contributed by atoms with Gasteiger partial charge in [0.1, 0.15) is 0 Å². The third-order valence-electron chi connectivity index (χ3n) is 3.65. The number of nitrogens with one attached hydrogen (secondary N) is 1. The highest BCUT2D eigenvalue weighted by molar-refractivity contribution is 6.18. The summed E-state index contributed by atoms with van der Waals surface area (Å²) < 4.78 is 5.37. The van der Waals surface area contributed by atoms with E-state index in [4.69, 9.17) is 16.3 Å². The number of amides is 1. The van der Waals surface area contributed by atoms with Crippen molar-refractivity contribution in [2.75, 3.05) is 5.88 Å². The maximum atomic E-state index is 12.4. The molecule has 21 heavy (non-hydrogen) atoms. The summed E-state index contributed by atoms with van der Waals surface area (Å²) in [6, 6.07) is 15.2. The van der Waals surface area contributed by atoms with Gasteiger partial charge in [-0.15, -0.1) is 11.6 Å². The molecule has 2 aromatic rings. The van der Waals surface area contributed by atoms with Crippen LogP contribution in [0.4, 0.5) is 0 Å². The predicted molar refractivity (Wildman–Crippen MR) is 82.3 cm³/mol. The molecule has 1 N–H and O–H groups in total. The fraction of sp³-hybridized carbons (Fsp3) is 0.235. The molecule has 0 aliphatic carbocycles. The number of halogens is 1. The Kier molecular flexibility index (Phi) is 4.23. The predicted octanol–water partition coefficient (Wildman–Crippen LogP) is 3.43. The van der Waals surface area contributed by atoms with Crippen LogP contribution in [0.15, 0.2) is 48.5 Å². The lowest BCUT2D eigenvalue weighted by molar-refractivity contribution is 0.0940. The van der Waals surface area contributed by atoms with E-state index >= 15 is 0 Å². The molecule has 1 heterocycles. The average Bonchev–Trinajstić information content (AvgIpc) is 3.00. The maximum absolute atomic E-state index is 12.4. The van der Waals surface area contributed by atoms with E-state index in [0.717, 1.165) is 16.7 Å². The smallest absolute Gasteiger partial charge is 0.251 e. The van der Waals surface area contributed by atoms with Gasteiger partial charge in [0.05, 0.1) is 19.3 Å². The Labute approximate surface area is 128 Å². The van der Waals surface area contributed by atoms with Crippen LogP contribution in [0.2, 0.25) is 0 Å². The minimum atomic E-state index is -0.190. The van der Waals surface area contributed by atoms with Gasteiger partial charge in [0.2, 0.25) is 0 Å². The molecule has 3 rings (SSSR count). The lowest BCUT2D eigenvalue weighted by Gasteiger charge is -2.16. The third kappa shape index (κ3) is 3.09. The van der Waals surface area contributed by atoms with E-state index in [0.29, 0.717) is 24.7 Å². The Morgan fingerprint density at radius 3 is 2.67 bits per heavy atom. The molecule has 3 nitrogen and oxygen atoms in total. The molecule has 1 amide bonds. The van der Waals surface area contributed by atoms with Crippen LogP contribution in [-0.4, -0.2) is 11.8 Å². The Hall–Kier alpha value is -1.84. The lowest BCUT2D eigenvalue weighted by Crippen LogP contribution is -2.29. The van der Waals surface area contributed by atoms with Crippen LogP contribution >= 0.6 is 11.6 Å². The van der Waals surface area contributed by atoms with Crippen LogP contribution < -0.4 is 5.32 Å². The van der Waals surface area contributed by atoms with Gasteiger partial charge in [-0.05, 0) is 28.8 Å². The van der Waals surface area contributed by atoms with Gasteiger partial charge < -0.3 is 10.1 Å². The van der Waals surface area contributed by atoms with Crippen molar-refractivity contribution in [3.8, 4) is 0 Å². The van der Waals surface area contributed by atoms with Gasteiger partial charge in [0, 0.05) is 11.4 Å². The highest BCUT2D eigenvalue weighted by Gasteiger charge is 2.17. The molecule has 0 fully saturated rings. The quantitative estimate of drug-likeness (QED) is 0.879. The van der Waals surface area contributed by atoms with Crippen molar-refractivity contribution < 1.29 is 9.53 Å². The SMILES string of the molecule is O=C(NC(CCl)c1ccccc1)c1ccc2c(c1)COC2. The van der Waals surface area contributed by atoms with Gasteiger partial charge >= 0.3 is 0 Å². The number of benzene rings is 2. The van der Waals surface area contributed by atoms with E-state index < -0.39 is 0 Å². The van der Waals surface area contributed by atoms with Crippen LogP contribution in [0.5, 0.6) is 0 Å². The Morgan fingerprint density at radius 1 is 1.14 bits per heavy atom. The molecule has 1 atom stereocenters. The second-order valence-corrected chi connectivity index (χ2v) is 5.38. The number of rotatable bonds is 4. The molecule has 0 bridgehead atoms. The highest BCUT2D eigenvalue weighted by Crippen LogP contribution is 2.21. The van der Waals surface area contributed by atoms with Crippen molar-refractivity contribution in [3.63, 3.8) is 0 Å². The Bertz CT molecular complexity index is 642. The van der Waals surface area contributed by atoms with Gasteiger partial charge in [-0.25, -0.2) is 0 Å². The number of hydrogen-bond donors (Lipinski definition) is 1. The van der Waals surface area contributed by atoms with E-state index in [-0.39, 0.29) is 11.9 Å². The van der Waals surface area contributed by atoms with E-state index in [1.165, 1.54) is 0 Å². The maximum Gasteiger partial charge on any atom is 0.251 e. The molecule has 0 radical (unpaired) electrons. The van der Waals surface area contributed by atoms with Crippen molar-refractivity contribution in [2.24, 2.45) is 0 Å². The fourth-order valence-electron chi connectivity index (χ4n) is 2.45. The summed E-state index contributed by atoms with van der Waals surface area (Å²) in [5, 5.41) is 2.98. The molecule has 1 aliphatic rings. The molecule has 0 saturated carbocycles. The van der Waals surface area contributed by atoms with E-state index in [9.17, 15) is 4.79 Å². The highest BCUT2D eigenvalue weighted by atomic mass is 35.5. The molecular formula is C17H16ClNO2. The first-order chi connectivity index (χ1) is 10.3. The van der Waals surface area contributed by atoms with Gasteiger partial charge in [0.25, 0.3) is 5.91 Å². The Morgan fingerprint density at radius 2 is 1.90 bits per heavy atom. The van der Waals surface area contributed by atoms with Gasteiger partial charge in [-0.3, -0.25) is 4.79 Å². The molecule has 2 aromatic carbocycles. The Balaban J connectivity index is 1.76. The topological polar surface area (TPSA) is 38.3 Å². The van der Waals surface area contributed by atoms with E-state index in [1.54, 1.807) is 0 Å². The minimum Gasteiger partial charge on any atom is -0.372 e. The number of carbonyl (C=O) groups is 1. The van der Waals surface area contributed by atoms with Crippen molar-refractivity contribution >= 4 is 17.5 Å². The summed E-state index contributed by atoms with van der Waals surface area (Å²) in [6.07, 6.45) is 0. The first kappa shape index (κ1) is 14.1. The zero-order chi connectivity index (χ0) is 14.7. The number of fused-ring (bicyclic) bond motifs is 1. The first-order valence-electron chi connectivity index (χ1n) is 6.89. The molecule has 1 unspecified atom stereocenters. The van der Waals surface area contributed by atoms with Crippen LogP contribution in [0.3, 0.4) is 0 Å². The van der Waals surface area contributed by atoms with E-state index in [1.807, 2.05) is 48.5 Å². The molecule has 0 spiro atoms. The standard InChI is InChI=1S/C17H16ClNO2/c18-9-16(12-4-2-1-3-5-12)19-17(20)13-6-7-14-10-21-11-15(14)8-13/h1-8,16H,9-11H2,(H,19,20). The second-order valence-electron chi connectivity index (χ2n) is 5.07. The van der Waals surface area contributed by atoms with Crippen LogP contribution in [0.1, 0.15) is 33.1 Å². The largest absolute Gasteiger partial charge is 0.372 e. The zero-order valence-electron chi connectivity index (χ0n) is 11.5. The summed E-state index contributed by atoms with van der Waals surface area (Å²) >= 11 is 5.99. The van der Waals surface area contributed by atoms with Crippen molar-refractivity contribution in [3.05, 3.63) is 70.8 Å². The van der Waals surface area contributed by atoms with Gasteiger partial charge in [-0.2, -0.15) is 0 Å². The summed E-state index contributed by atoms with van der Waals surface area (Å²) in [5.74, 6) is 0.225. The number of ether oxygens (including phenoxy) is 1. The van der Waals surface area contributed by atoms with Gasteiger partial charge in [0.15, 0.2) is 0 Å².